The minimum absolute atomic E-state index is 0.0876. The second-order valence-electron chi connectivity index (χ2n) is 7.03. The van der Waals surface area contributed by atoms with Crippen LogP contribution in [-0.2, 0) is 13.0 Å². The number of amides is 1. The van der Waals surface area contributed by atoms with Crippen molar-refractivity contribution >= 4 is 5.91 Å². The quantitative estimate of drug-likeness (QED) is 0.776. The van der Waals surface area contributed by atoms with Crippen molar-refractivity contribution in [3.63, 3.8) is 0 Å². The van der Waals surface area contributed by atoms with Crippen LogP contribution in [-0.4, -0.2) is 46.4 Å². The number of likely N-dealkylation sites (tertiary alicyclic amines) is 1. The molecule has 0 aliphatic carbocycles. The van der Waals surface area contributed by atoms with Crippen LogP contribution < -0.4 is 0 Å². The summed E-state index contributed by atoms with van der Waals surface area (Å²) in [6.45, 7) is 3.15. The summed E-state index contributed by atoms with van der Waals surface area (Å²) in [4.78, 5) is 20.3. The van der Waals surface area contributed by atoms with Gasteiger partial charge in [-0.1, -0.05) is 6.07 Å². The maximum Gasteiger partial charge on any atom is 0.255 e. The summed E-state index contributed by atoms with van der Waals surface area (Å²) in [5.74, 6) is -0.833. The Labute approximate surface area is 151 Å². The molecule has 1 fully saturated rings. The molecule has 0 unspecified atom stereocenters. The molecule has 4 nitrogen and oxygen atoms in total. The summed E-state index contributed by atoms with van der Waals surface area (Å²) in [5, 5.41) is 0. The van der Waals surface area contributed by atoms with Gasteiger partial charge in [0.15, 0.2) is 0 Å². The van der Waals surface area contributed by atoms with Crippen LogP contribution in [0.15, 0.2) is 36.5 Å². The molecule has 2 aliphatic heterocycles. The minimum Gasteiger partial charge on any atom is -0.338 e. The lowest BCUT2D eigenvalue weighted by Crippen LogP contribution is -2.48. The van der Waals surface area contributed by atoms with E-state index in [0.29, 0.717) is 24.7 Å². The van der Waals surface area contributed by atoms with E-state index < -0.39 is 5.95 Å². The van der Waals surface area contributed by atoms with Crippen molar-refractivity contribution in [2.24, 2.45) is 0 Å². The number of carbonyl (C=O) groups excluding carboxylic acids is 1. The molecule has 3 heterocycles. The molecule has 0 bridgehead atoms. The number of halogens is 2. The Morgan fingerprint density at radius 2 is 1.85 bits per heavy atom. The number of pyridine rings is 1. The Hall–Kier alpha value is -2.34. The molecule has 136 valence electrons. The number of hydrogen-bond donors (Lipinski definition) is 0. The molecule has 1 aromatic heterocycles. The van der Waals surface area contributed by atoms with Gasteiger partial charge < -0.3 is 4.90 Å². The highest BCUT2D eigenvalue weighted by Crippen LogP contribution is 2.26. The van der Waals surface area contributed by atoms with Crippen molar-refractivity contribution < 1.29 is 13.6 Å². The van der Waals surface area contributed by atoms with Crippen LogP contribution in [0, 0.1) is 11.8 Å². The first-order valence-corrected chi connectivity index (χ1v) is 9.02. The Morgan fingerprint density at radius 1 is 1.04 bits per heavy atom. The first-order valence-electron chi connectivity index (χ1n) is 9.02. The predicted octanol–water partition coefficient (Wildman–Crippen LogP) is 3.02. The summed E-state index contributed by atoms with van der Waals surface area (Å²) >= 11 is 0. The molecule has 0 atom stereocenters. The van der Waals surface area contributed by atoms with E-state index in [1.54, 1.807) is 6.07 Å². The van der Waals surface area contributed by atoms with E-state index in [-0.39, 0.29) is 11.7 Å². The Balaban J connectivity index is 1.36. The molecule has 0 spiro atoms. The second-order valence-corrected chi connectivity index (χ2v) is 7.03. The number of rotatable bonds is 2. The lowest BCUT2D eigenvalue weighted by molar-refractivity contribution is 0.0599. The van der Waals surface area contributed by atoms with Crippen molar-refractivity contribution in [3.05, 3.63) is 65.0 Å². The van der Waals surface area contributed by atoms with E-state index in [2.05, 4.69) is 9.88 Å². The molecular formula is C20H21F2N3O. The number of fused-ring (bicyclic) bond motifs is 1. The zero-order chi connectivity index (χ0) is 18.1. The van der Waals surface area contributed by atoms with Gasteiger partial charge in [-0.25, -0.2) is 9.37 Å². The predicted molar refractivity (Wildman–Crippen MR) is 93.6 cm³/mol. The van der Waals surface area contributed by atoms with Crippen LogP contribution >= 0.6 is 0 Å². The monoisotopic (exact) mass is 357 g/mol. The van der Waals surface area contributed by atoms with Gasteiger partial charge in [-0.05, 0) is 54.7 Å². The number of carbonyl (C=O) groups is 1. The molecule has 0 N–H and O–H groups in total. The summed E-state index contributed by atoms with van der Waals surface area (Å²) in [6.07, 6.45) is 3.99. The van der Waals surface area contributed by atoms with E-state index in [1.807, 2.05) is 11.0 Å². The van der Waals surface area contributed by atoms with Crippen LogP contribution in [0.4, 0.5) is 8.78 Å². The van der Waals surface area contributed by atoms with Crippen LogP contribution in [0.1, 0.15) is 34.3 Å². The van der Waals surface area contributed by atoms with Crippen LogP contribution in [0.3, 0.4) is 0 Å². The smallest absolute Gasteiger partial charge is 0.255 e. The largest absolute Gasteiger partial charge is 0.338 e. The average molecular weight is 357 g/mol. The molecule has 4 rings (SSSR count). The van der Waals surface area contributed by atoms with Crippen LogP contribution in [0.25, 0.3) is 0 Å². The van der Waals surface area contributed by atoms with Gasteiger partial charge >= 0.3 is 0 Å². The highest BCUT2D eigenvalue weighted by molar-refractivity contribution is 5.93. The zero-order valence-electron chi connectivity index (χ0n) is 14.5. The van der Waals surface area contributed by atoms with Gasteiger partial charge in [0.2, 0.25) is 5.95 Å². The van der Waals surface area contributed by atoms with Gasteiger partial charge in [-0.2, -0.15) is 4.39 Å². The fraction of sp³-hybridized carbons (Fsp3) is 0.400. The van der Waals surface area contributed by atoms with Gasteiger partial charge in [0, 0.05) is 38.4 Å². The van der Waals surface area contributed by atoms with Gasteiger partial charge in [-0.15, -0.1) is 0 Å². The minimum atomic E-state index is -0.578. The maximum atomic E-state index is 13.4. The highest BCUT2D eigenvalue weighted by atomic mass is 19.1. The summed E-state index contributed by atoms with van der Waals surface area (Å²) in [6, 6.07) is 8.19. The van der Waals surface area contributed by atoms with Gasteiger partial charge in [0.05, 0.1) is 5.56 Å². The highest BCUT2D eigenvalue weighted by Gasteiger charge is 2.29. The number of aromatic nitrogens is 1. The topological polar surface area (TPSA) is 36.4 Å². The van der Waals surface area contributed by atoms with E-state index in [4.69, 9.17) is 0 Å². The van der Waals surface area contributed by atoms with E-state index >= 15 is 0 Å². The van der Waals surface area contributed by atoms with Gasteiger partial charge in [0.25, 0.3) is 5.91 Å². The van der Waals surface area contributed by atoms with Gasteiger partial charge in [0.1, 0.15) is 5.82 Å². The van der Waals surface area contributed by atoms with E-state index in [1.165, 1.54) is 30.0 Å². The molecule has 2 aromatic rings. The first kappa shape index (κ1) is 17.1. The molecule has 0 saturated carbocycles. The standard InChI is InChI=1S/C20H21F2N3O/c21-17-3-1-16-13-25(8-5-14(16)11-17)18-6-9-24(10-7-18)20(26)15-2-4-19(22)23-12-15/h1-4,11-12,18H,5-10,13H2. The summed E-state index contributed by atoms with van der Waals surface area (Å²) < 4.78 is 26.3. The van der Waals surface area contributed by atoms with Crippen molar-refractivity contribution in [2.45, 2.75) is 31.8 Å². The molecular weight excluding hydrogens is 336 g/mol. The fourth-order valence-electron chi connectivity index (χ4n) is 3.97. The molecule has 1 aromatic carbocycles. The van der Waals surface area contributed by atoms with Crippen molar-refractivity contribution in [2.75, 3.05) is 19.6 Å². The summed E-state index contributed by atoms with van der Waals surface area (Å²) in [5.41, 5.74) is 2.74. The lowest BCUT2D eigenvalue weighted by atomic mass is 9.95. The van der Waals surface area contributed by atoms with Crippen molar-refractivity contribution in [3.8, 4) is 0 Å². The fourth-order valence-corrected chi connectivity index (χ4v) is 3.97. The molecule has 26 heavy (non-hydrogen) atoms. The molecule has 0 radical (unpaired) electrons. The number of hydrogen-bond acceptors (Lipinski definition) is 3. The lowest BCUT2D eigenvalue weighted by Gasteiger charge is -2.40. The third-order valence-electron chi connectivity index (χ3n) is 5.45. The van der Waals surface area contributed by atoms with E-state index in [9.17, 15) is 13.6 Å². The summed E-state index contributed by atoms with van der Waals surface area (Å²) in [7, 11) is 0. The Kier molecular flexibility index (Phi) is 4.68. The SMILES string of the molecule is O=C(c1ccc(F)nc1)N1CCC(N2CCc3cc(F)ccc3C2)CC1. The first-order chi connectivity index (χ1) is 12.6. The number of benzene rings is 1. The van der Waals surface area contributed by atoms with Crippen molar-refractivity contribution in [1.82, 2.24) is 14.8 Å². The van der Waals surface area contributed by atoms with E-state index in [0.717, 1.165) is 37.9 Å². The Morgan fingerprint density at radius 3 is 2.58 bits per heavy atom. The second kappa shape index (κ2) is 7.11. The Bertz CT molecular complexity index is 801. The van der Waals surface area contributed by atoms with Crippen LogP contribution in [0.2, 0.25) is 0 Å². The number of nitrogens with zero attached hydrogens (tertiary/aromatic N) is 3. The average Bonchev–Trinajstić information content (AvgIpc) is 2.68. The number of piperidine rings is 1. The normalized spacial score (nSPS) is 18.6. The third-order valence-corrected chi connectivity index (χ3v) is 5.45. The van der Waals surface area contributed by atoms with Crippen LogP contribution in [0.5, 0.6) is 0 Å². The maximum absolute atomic E-state index is 13.4. The van der Waals surface area contributed by atoms with Crippen molar-refractivity contribution in [1.29, 1.82) is 0 Å². The molecule has 2 aliphatic rings. The third kappa shape index (κ3) is 3.46. The van der Waals surface area contributed by atoms with Gasteiger partial charge in [-0.3, -0.25) is 9.69 Å². The molecule has 1 saturated heterocycles. The molecule has 6 heteroatoms. The molecule has 1 amide bonds. The zero-order valence-corrected chi connectivity index (χ0v) is 14.5.